The van der Waals surface area contributed by atoms with Gasteiger partial charge >= 0.3 is 12.0 Å². The molecule has 0 spiro atoms. The fourth-order valence-electron chi connectivity index (χ4n) is 2.15. The molecular weight excluding hydrogens is 220 g/mol. The van der Waals surface area contributed by atoms with Crippen LogP contribution in [0.4, 0.5) is 4.79 Å². The summed E-state index contributed by atoms with van der Waals surface area (Å²) in [6.07, 6.45) is 5.69. The second-order valence-corrected chi connectivity index (χ2v) is 4.51. The topological polar surface area (TPSA) is 69.6 Å². The molecule has 2 N–H and O–H groups in total. The molecule has 0 aliphatic heterocycles. The van der Waals surface area contributed by atoms with Gasteiger partial charge in [-0.3, -0.25) is 4.79 Å². The molecule has 0 unspecified atom stereocenters. The van der Waals surface area contributed by atoms with E-state index in [1.807, 2.05) is 6.92 Å². The highest BCUT2D eigenvalue weighted by Gasteiger charge is 2.19. The molecule has 5 heteroatoms. The Labute approximate surface area is 102 Å². The molecule has 0 aromatic rings. The number of nitrogens with one attached hydrogen (secondary N) is 1. The molecule has 5 nitrogen and oxygen atoms in total. The van der Waals surface area contributed by atoms with Crippen LogP contribution in [-0.2, 0) is 4.79 Å². The Morgan fingerprint density at radius 2 is 1.94 bits per heavy atom. The zero-order chi connectivity index (χ0) is 12.7. The molecule has 0 radical (unpaired) electrons. The van der Waals surface area contributed by atoms with E-state index >= 15 is 0 Å². The maximum absolute atomic E-state index is 11.9. The zero-order valence-electron chi connectivity index (χ0n) is 10.4. The first-order valence-electron chi connectivity index (χ1n) is 6.40. The van der Waals surface area contributed by atoms with E-state index in [1.165, 1.54) is 19.3 Å². The third-order valence-corrected chi connectivity index (χ3v) is 3.20. The van der Waals surface area contributed by atoms with Crippen LogP contribution < -0.4 is 5.32 Å². The summed E-state index contributed by atoms with van der Waals surface area (Å²) in [5, 5.41) is 11.6. The van der Waals surface area contributed by atoms with Crippen LogP contribution in [0, 0.1) is 0 Å². The maximum atomic E-state index is 11.9. The predicted molar refractivity (Wildman–Crippen MR) is 64.9 cm³/mol. The number of urea groups is 1. The molecular formula is C12H22N2O3. The van der Waals surface area contributed by atoms with Crippen molar-refractivity contribution in [2.24, 2.45) is 0 Å². The van der Waals surface area contributed by atoms with Crippen molar-refractivity contribution in [3.8, 4) is 0 Å². The van der Waals surface area contributed by atoms with E-state index in [1.54, 1.807) is 4.90 Å². The molecule has 1 rings (SSSR count). The molecule has 0 aromatic carbocycles. The SMILES string of the molecule is CCN(CCC(=O)O)C(=O)NC1CCCCC1. The second kappa shape index (κ2) is 7.14. The third kappa shape index (κ3) is 5.06. The minimum absolute atomic E-state index is 0.00588. The van der Waals surface area contributed by atoms with Crippen LogP contribution in [0.5, 0.6) is 0 Å². The summed E-state index contributed by atoms with van der Waals surface area (Å²) in [6.45, 7) is 2.69. The van der Waals surface area contributed by atoms with Gasteiger partial charge in [0.15, 0.2) is 0 Å². The molecule has 98 valence electrons. The number of rotatable bonds is 5. The highest BCUT2D eigenvalue weighted by Crippen LogP contribution is 2.17. The minimum atomic E-state index is -0.867. The van der Waals surface area contributed by atoms with E-state index < -0.39 is 5.97 Å². The Morgan fingerprint density at radius 1 is 1.29 bits per heavy atom. The maximum Gasteiger partial charge on any atom is 0.317 e. The fraction of sp³-hybridized carbons (Fsp3) is 0.833. The lowest BCUT2D eigenvalue weighted by Crippen LogP contribution is -2.46. The van der Waals surface area contributed by atoms with E-state index in [4.69, 9.17) is 5.11 Å². The van der Waals surface area contributed by atoms with Crippen LogP contribution in [0.3, 0.4) is 0 Å². The molecule has 0 saturated heterocycles. The summed E-state index contributed by atoms with van der Waals surface area (Å²) in [5.74, 6) is -0.867. The van der Waals surface area contributed by atoms with E-state index in [0.717, 1.165) is 12.8 Å². The lowest BCUT2D eigenvalue weighted by molar-refractivity contribution is -0.137. The first kappa shape index (κ1) is 13.8. The number of aliphatic carboxylic acids is 1. The number of carboxylic acids is 1. The van der Waals surface area contributed by atoms with Gasteiger partial charge in [0.1, 0.15) is 0 Å². The van der Waals surface area contributed by atoms with Crippen LogP contribution in [0.1, 0.15) is 45.4 Å². The first-order valence-corrected chi connectivity index (χ1v) is 6.40. The van der Waals surface area contributed by atoms with Crippen molar-refractivity contribution in [3.63, 3.8) is 0 Å². The van der Waals surface area contributed by atoms with Gasteiger partial charge in [-0.25, -0.2) is 4.79 Å². The Morgan fingerprint density at radius 3 is 2.47 bits per heavy atom. The average Bonchev–Trinajstić information content (AvgIpc) is 2.30. The lowest BCUT2D eigenvalue weighted by Gasteiger charge is -2.27. The molecule has 1 saturated carbocycles. The largest absolute Gasteiger partial charge is 0.481 e. The molecule has 1 fully saturated rings. The Hall–Kier alpha value is -1.26. The first-order chi connectivity index (χ1) is 8.13. The van der Waals surface area contributed by atoms with Crippen LogP contribution in [0.2, 0.25) is 0 Å². The molecule has 17 heavy (non-hydrogen) atoms. The molecule has 2 amide bonds. The predicted octanol–water partition coefficient (Wildman–Crippen LogP) is 1.83. The number of hydrogen-bond acceptors (Lipinski definition) is 2. The standard InChI is InChI=1S/C12H22N2O3/c1-2-14(9-8-11(15)16)12(17)13-10-6-4-3-5-7-10/h10H,2-9H2,1H3,(H,13,17)(H,15,16). The van der Waals surface area contributed by atoms with Crippen molar-refractivity contribution >= 4 is 12.0 Å². The van der Waals surface area contributed by atoms with Gasteiger partial charge < -0.3 is 15.3 Å². The molecule has 0 heterocycles. The fourth-order valence-corrected chi connectivity index (χ4v) is 2.15. The summed E-state index contributed by atoms with van der Waals surface area (Å²) < 4.78 is 0. The monoisotopic (exact) mass is 242 g/mol. The van der Waals surface area contributed by atoms with Crippen molar-refractivity contribution in [2.45, 2.75) is 51.5 Å². The van der Waals surface area contributed by atoms with E-state index in [2.05, 4.69) is 5.32 Å². The summed E-state index contributed by atoms with van der Waals surface area (Å²) in [7, 11) is 0. The van der Waals surface area contributed by atoms with Crippen molar-refractivity contribution in [3.05, 3.63) is 0 Å². The second-order valence-electron chi connectivity index (χ2n) is 4.51. The van der Waals surface area contributed by atoms with Gasteiger partial charge in [-0.15, -0.1) is 0 Å². The number of carbonyl (C=O) groups excluding carboxylic acids is 1. The van der Waals surface area contributed by atoms with Crippen LogP contribution in [0.15, 0.2) is 0 Å². The van der Waals surface area contributed by atoms with Gasteiger partial charge in [0.25, 0.3) is 0 Å². The number of nitrogens with zero attached hydrogens (tertiary/aromatic N) is 1. The van der Waals surface area contributed by atoms with Crippen LogP contribution in [0.25, 0.3) is 0 Å². The van der Waals surface area contributed by atoms with Gasteiger partial charge in [-0.2, -0.15) is 0 Å². The van der Waals surface area contributed by atoms with Crippen LogP contribution in [-0.4, -0.2) is 41.1 Å². The van der Waals surface area contributed by atoms with Gasteiger partial charge in [0.2, 0.25) is 0 Å². The normalized spacial score (nSPS) is 16.5. The molecule has 0 atom stereocenters. The number of amides is 2. The van der Waals surface area contributed by atoms with E-state index in [-0.39, 0.29) is 25.0 Å². The number of hydrogen-bond donors (Lipinski definition) is 2. The highest BCUT2D eigenvalue weighted by atomic mass is 16.4. The van der Waals surface area contributed by atoms with Crippen molar-refractivity contribution in [1.82, 2.24) is 10.2 Å². The van der Waals surface area contributed by atoms with Crippen molar-refractivity contribution in [1.29, 1.82) is 0 Å². The molecule has 1 aliphatic carbocycles. The van der Waals surface area contributed by atoms with E-state index in [9.17, 15) is 9.59 Å². The quantitative estimate of drug-likeness (QED) is 0.772. The van der Waals surface area contributed by atoms with Gasteiger partial charge in [0, 0.05) is 19.1 Å². The molecule has 1 aliphatic rings. The minimum Gasteiger partial charge on any atom is -0.481 e. The van der Waals surface area contributed by atoms with Crippen molar-refractivity contribution in [2.75, 3.05) is 13.1 Å². The Kier molecular flexibility index (Phi) is 5.80. The molecule has 0 bridgehead atoms. The van der Waals surface area contributed by atoms with E-state index in [0.29, 0.717) is 6.54 Å². The number of carbonyl (C=O) groups is 2. The zero-order valence-corrected chi connectivity index (χ0v) is 10.4. The average molecular weight is 242 g/mol. The molecule has 0 aromatic heterocycles. The van der Waals surface area contributed by atoms with Crippen molar-refractivity contribution < 1.29 is 14.7 Å². The summed E-state index contributed by atoms with van der Waals surface area (Å²) in [5.41, 5.74) is 0. The van der Waals surface area contributed by atoms with Gasteiger partial charge in [-0.1, -0.05) is 19.3 Å². The summed E-state index contributed by atoms with van der Waals surface area (Å²) in [4.78, 5) is 23.9. The summed E-state index contributed by atoms with van der Waals surface area (Å²) in [6, 6.07) is 0.149. The lowest BCUT2D eigenvalue weighted by atomic mass is 9.96. The third-order valence-electron chi connectivity index (χ3n) is 3.20. The van der Waals surface area contributed by atoms with Crippen LogP contribution >= 0.6 is 0 Å². The Balaban J connectivity index is 2.34. The Bertz CT molecular complexity index is 262. The number of carboxylic acid groups (broad SMARTS) is 1. The van der Waals surface area contributed by atoms with Gasteiger partial charge in [-0.05, 0) is 19.8 Å². The van der Waals surface area contributed by atoms with Gasteiger partial charge in [0.05, 0.1) is 6.42 Å². The summed E-state index contributed by atoms with van der Waals surface area (Å²) >= 11 is 0. The highest BCUT2D eigenvalue weighted by molar-refractivity contribution is 5.75. The smallest absolute Gasteiger partial charge is 0.317 e.